The van der Waals surface area contributed by atoms with Crippen LogP contribution < -0.4 is 0 Å². The molecule has 0 radical (unpaired) electrons. The van der Waals surface area contributed by atoms with E-state index in [-0.39, 0.29) is 0 Å². The number of rotatable bonds is 5. The Morgan fingerprint density at radius 1 is 1.25 bits per heavy atom. The molecule has 0 saturated heterocycles. The van der Waals surface area contributed by atoms with Gasteiger partial charge in [-0.2, -0.15) is 13.2 Å². The van der Waals surface area contributed by atoms with Crippen molar-refractivity contribution in [3.05, 3.63) is 46.5 Å². The van der Waals surface area contributed by atoms with Crippen LogP contribution >= 0.6 is 23.2 Å². The third-order valence-electron chi connectivity index (χ3n) is 3.30. The van der Waals surface area contributed by atoms with Gasteiger partial charge in [-0.25, -0.2) is 0 Å². The molecule has 1 rings (SSSR count). The lowest BCUT2D eigenvalue weighted by Crippen LogP contribution is -2.35. The molecule has 1 nitrogen and oxygen atoms in total. The quantitative estimate of drug-likeness (QED) is 0.743. The van der Waals surface area contributed by atoms with Crippen LogP contribution in [0.15, 0.2) is 30.9 Å². The number of alkyl halides is 3. The van der Waals surface area contributed by atoms with Crippen LogP contribution in [0, 0.1) is 0 Å². The van der Waals surface area contributed by atoms with Gasteiger partial charge in [0.05, 0.1) is 6.10 Å². The molecule has 0 aromatic heterocycles. The standard InChI is InChI=1S/C14H15Cl2F3O/c1-3-13(2,12(20)4-5-14(17,18)19)9-6-10(15)8-11(16)7-9/h3,6-8,12,20H,1,4-5H2,2H3/t12-,13-/m1/s1. The molecule has 0 unspecified atom stereocenters. The Bertz CT molecular complexity index is 468. The number of benzene rings is 1. The molecule has 20 heavy (non-hydrogen) atoms. The van der Waals surface area contributed by atoms with Crippen molar-refractivity contribution in [1.82, 2.24) is 0 Å². The molecule has 1 N–H and O–H groups in total. The Morgan fingerprint density at radius 3 is 2.15 bits per heavy atom. The Kier molecular flexibility index (Phi) is 5.53. The second-order valence-corrected chi connectivity index (χ2v) is 5.69. The van der Waals surface area contributed by atoms with Crippen molar-refractivity contribution in [1.29, 1.82) is 0 Å². The summed E-state index contributed by atoms with van der Waals surface area (Å²) >= 11 is 11.8. The molecule has 2 atom stereocenters. The largest absolute Gasteiger partial charge is 0.392 e. The smallest absolute Gasteiger partial charge is 0.389 e. The van der Waals surface area contributed by atoms with Crippen LogP contribution in [0.3, 0.4) is 0 Å². The maximum absolute atomic E-state index is 12.3. The third-order valence-corrected chi connectivity index (χ3v) is 3.74. The molecule has 0 aliphatic rings. The molecule has 0 heterocycles. The van der Waals surface area contributed by atoms with Crippen molar-refractivity contribution in [3.8, 4) is 0 Å². The van der Waals surface area contributed by atoms with E-state index in [4.69, 9.17) is 23.2 Å². The van der Waals surface area contributed by atoms with Gasteiger partial charge in [0.15, 0.2) is 0 Å². The first kappa shape index (κ1) is 17.3. The molecule has 1 aromatic carbocycles. The van der Waals surface area contributed by atoms with Gasteiger partial charge in [-0.3, -0.25) is 0 Å². The van der Waals surface area contributed by atoms with Gasteiger partial charge in [0.25, 0.3) is 0 Å². The van der Waals surface area contributed by atoms with Gasteiger partial charge < -0.3 is 5.11 Å². The van der Waals surface area contributed by atoms with E-state index in [1.54, 1.807) is 19.1 Å². The second-order valence-electron chi connectivity index (χ2n) is 4.81. The zero-order valence-corrected chi connectivity index (χ0v) is 12.4. The fourth-order valence-electron chi connectivity index (χ4n) is 1.91. The van der Waals surface area contributed by atoms with Crippen molar-refractivity contribution < 1.29 is 18.3 Å². The summed E-state index contributed by atoms with van der Waals surface area (Å²) in [5, 5.41) is 10.8. The van der Waals surface area contributed by atoms with Crippen molar-refractivity contribution in [3.63, 3.8) is 0 Å². The van der Waals surface area contributed by atoms with Crippen LogP contribution in [0.25, 0.3) is 0 Å². The van der Waals surface area contributed by atoms with Crippen LogP contribution in [-0.4, -0.2) is 17.4 Å². The van der Waals surface area contributed by atoms with Crippen LogP contribution in [-0.2, 0) is 5.41 Å². The molecular weight excluding hydrogens is 312 g/mol. The highest BCUT2D eigenvalue weighted by atomic mass is 35.5. The summed E-state index contributed by atoms with van der Waals surface area (Å²) in [4.78, 5) is 0. The molecule has 0 aliphatic heterocycles. The molecule has 112 valence electrons. The molecule has 1 aromatic rings. The van der Waals surface area contributed by atoms with E-state index < -0.39 is 30.5 Å². The van der Waals surface area contributed by atoms with Gasteiger partial charge in [-0.1, -0.05) is 29.3 Å². The topological polar surface area (TPSA) is 20.2 Å². The SMILES string of the molecule is C=C[C@](C)(c1cc(Cl)cc(Cl)c1)[C@H](O)CCC(F)(F)F. The van der Waals surface area contributed by atoms with Gasteiger partial charge in [0, 0.05) is 21.9 Å². The Balaban J connectivity index is 3.03. The highest BCUT2D eigenvalue weighted by molar-refractivity contribution is 6.34. The maximum atomic E-state index is 12.3. The van der Waals surface area contributed by atoms with Crippen LogP contribution in [0.4, 0.5) is 13.2 Å². The van der Waals surface area contributed by atoms with Gasteiger partial charge in [-0.05, 0) is 37.1 Å². The van der Waals surface area contributed by atoms with Gasteiger partial charge in [0.1, 0.15) is 0 Å². The van der Waals surface area contributed by atoms with Crippen LogP contribution in [0.5, 0.6) is 0 Å². The summed E-state index contributed by atoms with van der Waals surface area (Å²) in [7, 11) is 0. The third kappa shape index (κ3) is 4.40. The van der Waals surface area contributed by atoms with Crippen LogP contribution in [0.2, 0.25) is 10.0 Å². The van der Waals surface area contributed by atoms with Crippen molar-refractivity contribution in [2.24, 2.45) is 0 Å². The first-order valence-electron chi connectivity index (χ1n) is 5.93. The number of hydrogen-bond acceptors (Lipinski definition) is 1. The predicted molar refractivity (Wildman–Crippen MR) is 75.3 cm³/mol. The molecular formula is C14H15Cl2F3O. The number of hydrogen-bond donors (Lipinski definition) is 1. The average molecular weight is 327 g/mol. The van der Waals surface area contributed by atoms with E-state index in [9.17, 15) is 18.3 Å². The summed E-state index contributed by atoms with van der Waals surface area (Å²) in [5.41, 5.74) is -0.528. The lowest BCUT2D eigenvalue weighted by molar-refractivity contribution is -0.141. The fourth-order valence-corrected chi connectivity index (χ4v) is 2.44. The number of aliphatic hydroxyl groups is 1. The first-order valence-corrected chi connectivity index (χ1v) is 6.69. The number of halogens is 5. The highest BCUT2D eigenvalue weighted by Crippen LogP contribution is 2.36. The Labute approximate surface area is 126 Å². The molecule has 0 saturated carbocycles. The van der Waals surface area contributed by atoms with Gasteiger partial charge >= 0.3 is 6.18 Å². The number of aliphatic hydroxyl groups excluding tert-OH is 1. The van der Waals surface area contributed by atoms with Gasteiger partial charge in [0.2, 0.25) is 0 Å². The Hall–Kier alpha value is -0.710. The molecule has 6 heteroatoms. The average Bonchev–Trinajstić information content (AvgIpc) is 2.32. The maximum Gasteiger partial charge on any atom is 0.389 e. The first-order chi connectivity index (χ1) is 9.08. The molecule has 0 aliphatic carbocycles. The summed E-state index contributed by atoms with van der Waals surface area (Å²) in [6.45, 7) is 5.21. The van der Waals surface area contributed by atoms with E-state index in [0.717, 1.165) is 0 Å². The van der Waals surface area contributed by atoms with Crippen LogP contribution in [0.1, 0.15) is 25.3 Å². The summed E-state index contributed by atoms with van der Waals surface area (Å²) in [6, 6.07) is 4.63. The molecule has 0 spiro atoms. The van der Waals surface area contributed by atoms with E-state index in [1.807, 2.05) is 0 Å². The van der Waals surface area contributed by atoms with Crippen molar-refractivity contribution in [2.45, 2.75) is 37.5 Å². The fraction of sp³-hybridized carbons (Fsp3) is 0.429. The van der Waals surface area contributed by atoms with E-state index in [0.29, 0.717) is 15.6 Å². The zero-order valence-electron chi connectivity index (χ0n) is 10.8. The summed E-state index contributed by atoms with van der Waals surface area (Å²) in [6.07, 6.45) is -5.62. The lowest BCUT2D eigenvalue weighted by Gasteiger charge is -2.32. The molecule has 0 amide bonds. The highest BCUT2D eigenvalue weighted by Gasteiger charge is 2.36. The van der Waals surface area contributed by atoms with Crippen molar-refractivity contribution in [2.75, 3.05) is 0 Å². The minimum absolute atomic E-state index is 0.351. The summed E-state index contributed by atoms with van der Waals surface area (Å²) in [5.74, 6) is 0. The monoisotopic (exact) mass is 326 g/mol. The summed E-state index contributed by atoms with van der Waals surface area (Å²) < 4.78 is 36.8. The van der Waals surface area contributed by atoms with E-state index in [2.05, 4.69) is 6.58 Å². The predicted octanol–water partition coefficient (Wildman–Crippen LogP) is 5.14. The van der Waals surface area contributed by atoms with E-state index in [1.165, 1.54) is 12.1 Å². The minimum Gasteiger partial charge on any atom is -0.392 e. The van der Waals surface area contributed by atoms with E-state index >= 15 is 0 Å². The zero-order chi connectivity index (χ0) is 15.6. The van der Waals surface area contributed by atoms with Crippen molar-refractivity contribution >= 4 is 23.2 Å². The normalized spacial score (nSPS) is 16.6. The molecule has 0 bridgehead atoms. The minimum atomic E-state index is -4.31. The Morgan fingerprint density at radius 2 is 1.75 bits per heavy atom. The lowest BCUT2D eigenvalue weighted by atomic mass is 9.76. The van der Waals surface area contributed by atoms with Gasteiger partial charge in [-0.15, -0.1) is 6.58 Å². The molecule has 0 fully saturated rings. The second kappa shape index (κ2) is 6.37.